The summed E-state index contributed by atoms with van der Waals surface area (Å²) in [5.41, 5.74) is 4.03. The minimum absolute atomic E-state index is 0.906. The Morgan fingerprint density at radius 3 is 2.52 bits per heavy atom. The van der Waals surface area contributed by atoms with E-state index in [0.29, 0.717) is 0 Å². The topological polar surface area (TPSA) is 44.3 Å². The molecule has 3 heterocycles. The van der Waals surface area contributed by atoms with E-state index in [0.717, 1.165) is 64.5 Å². The summed E-state index contributed by atoms with van der Waals surface area (Å²) in [4.78, 5) is 14.6. The van der Waals surface area contributed by atoms with Crippen molar-refractivity contribution in [3.8, 4) is 0 Å². The molecule has 132 valence electrons. The molecule has 0 atom stereocenters. The lowest BCUT2D eigenvalue weighted by atomic mass is 10.1. The molecule has 0 amide bonds. The Morgan fingerprint density at radius 2 is 1.72 bits per heavy atom. The van der Waals surface area contributed by atoms with Crippen LogP contribution >= 0.6 is 0 Å². The van der Waals surface area contributed by atoms with Crippen molar-refractivity contribution in [3.05, 3.63) is 53.0 Å². The summed E-state index contributed by atoms with van der Waals surface area (Å²) in [5, 5.41) is 3.43. The largest absolute Gasteiger partial charge is 0.354 e. The SMILES string of the molecule is Cc1nc2c(c(N3CCNCC3)n1)CCN(Cc1ccccc1)CC2. The van der Waals surface area contributed by atoms with E-state index in [2.05, 4.69) is 45.4 Å². The number of aromatic nitrogens is 2. The average Bonchev–Trinajstić information content (AvgIpc) is 2.85. The van der Waals surface area contributed by atoms with Crippen LogP contribution in [-0.4, -0.2) is 54.1 Å². The van der Waals surface area contributed by atoms with Crippen LogP contribution in [0.5, 0.6) is 0 Å². The van der Waals surface area contributed by atoms with Crippen molar-refractivity contribution in [1.82, 2.24) is 20.2 Å². The first-order valence-corrected chi connectivity index (χ1v) is 9.38. The van der Waals surface area contributed by atoms with Crippen LogP contribution in [0.4, 0.5) is 5.82 Å². The van der Waals surface area contributed by atoms with Crippen LogP contribution < -0.4 is 10.2 Å². The number of hydrogen-bond acceptors (Lipinski definition) is 5. The second-order valence-electron chi connectivity index (χ2n) is 7.02. The van der Waals surface area contributed by atoms with Gasteiger partial charge < -0.3 is 10.2 Å². The third-order valence-corrected chi connectivity index (χ3v) is 5.19. The van der Waals surface area contributed by atoms with Crippen molar-refractivity contribution in [2.75, 3.05) is 44.2 Å². The third kappa shape index (κ3) is 3.83. The minimum Gasteiger partial charge on any atom is -0.354 e. The second kappa shape index (κ2) is 7.50. The summed E-state index contributed by atoms with van der Waals surface area (Å²) in [6.07, 6.45) is 2.06. The van der Waals surface area contributed by atoms with E-state index in [1.165, 1.54) is 22.6 Å². The van der Waals surface area contributed by atoms with Gasteiger partial charge in [0.2, 0.25) is 0 Å². The van der Waals surface area contributed by atoms with Crippen LogP contribution in [0.3, 0.4) is 0 Å². The lowest BCUT2D eigenvalue weighted by Crippen LogP contribution is -2.44. The Bertz CT molecular complexity index is 710. The summed E-state index contributed by atoms with van der Waals surface area (Å²) in [6, 6.07) is 10.8. The van der Waals surface area contributed by atoms with Gasteiger partial charge in [0.25, 0.3) is 0 Å². The molecule has 0 unspecified atom stereocenters. The number of piperazine rings is 1. The summed E-state index contributed by atoms with van der Waals surface area (Å²) in [5.74, 6) is 2.09. The minimum atomic E-state index is 0.906. The molecule has 1 fully saturated rings. The van der Waals surface area contributed by atoms with Crippen molar-refractivity contribution < 1.29 is 0 Å². The molecule has 4 rings (SSSR count). The number of rotatable bonds is 3. The molecule has 5 nitrogen and oxygen atoms in total. The maximum Gasteiger partial charge on any atom is 0.135 e. The van der Waals surface area contributed by atoms with Crippen molar-refractivity contribution in [2.24, 2.45) is 0 Å². The van der Waals surface area contributed by atoms with E-state index in [1.54, 1.807) is 0 Å². The summed E-state index contributed by atoms with van der Waals surface area (Å²) in [7, 11) is 0. The molecular weight excluding hydrogens is 310 g/mol. The molecule has 0 spiro atoms. The first-order valence-electron chi connectivity index (χ1n) is 9.38. The number of aryl methyl sites for hydroxylation is 1. The molecule has 0 saturated carbocycles. The van der Waals surface area contributed by atoms with Crippen LogP contribution in [0.25, 0.3) is 0 Å². The Hall–Kier alpha value is -1.98. The fraction of sp³-hybridized carbons (Fsp3) is 0.500. The van der Waals surface area contributed by atoms with Gasteiger partial charge in [-0.25, -0.2) is 9.97 Å². The molecule has 0 aliphatic carbocycles. The van der Waals surface area contributed by atoms with E-state index >= 15 is 0 Å². The van der Waals surface area contributed by atoms with E-state index in [1.807, 2.05) is 6.92 Å². The van der Waals surface area contributed by atoms with Gasteiger partial charge in [-0.2, -0.15) is 0 Å². The predicted molar refractivity (Wildman–Crippen MR) is 101 cm³/mol. The molecule has 2 aliphatic heterocycles. The van der Waals surface area contributed by atoms with Gasteiger partial charge in [-0.3, -0.25) is 4.90 Å². The monoisotopic (exact) mass is 337 g/mol. The highest BCUT2D eigenvalue weighted by Gasteiger charge is 2.23. The first-order chi connectivity index (χ1) is 12.3. The number of nitrogens with one attached hydrogen (secondary N) is 1. The molecule has 2 aromatic rings. The lowest BCUT2D eigenvalue weighted by Gasteiger charge is -2.30. The van der Waals surface area contributed by atoms with Crippen LogP contribution in [0, 0.1) is 6.92 Å². The van der Waals surface area contributed by atoms with Crippen LogP contribution in [0.1, 0.15) is 22.6 Å². The average molecular weight is 337 g/mol. The summed E-state index contributed by atoms with van der Waals surface area (Å²) >= 11 is 0. The highest BCUT2D eigenvalue weighted by molar-refractivity contribution is 5.50. The molecule has 1 aromatic carbocycles. The molecule has 0 radical (unpaired) electrons. The van der Waals surface area contributed by atoms with Gasteiger partial charge in [-0.15, -0.1) is 0 Å². The van der Waals surface area contributed by atoms with Gasteiger partial charge in [0.15, 0.2) is 0 Å². The molecule has 1 aromatic heterocycles. The number of nitrogens with zero attached hydrogens (tertiary/aromatic N) is 4. The molecule has 2 aliphatic rings. The van der Waals surface area contributed by atoms with E-state index in [9.17, 15) is 0 Å². The van der Waals surface area contributed by atoms with Crippen LogP contribution in [-0.2, 0) is 19.4 Å². The Kier molecular flexibility index (Phi) is 4.95. The van der Waals surface area contributed by atoms with Crippen LogP contribution in [0.2, 0.25) is 0 Å². The summed E-state index contributed by atoms with van der Waals surface area (Å²) < 4.78 is 0. The van der Waals surface area contributed by atoms with Crippen molar-refractivity contribution >= 4 is 5.82 Å². The Morgan fingerprint density at radius 1 is 0.960 bits per heavy atom. The quantitative estimate of drug-likeness (QED) is 0.925. The van der Waals surface area contributed by atoms with Gasteiger partial charge in [0, 0.05) is 57.8 Å². The fourth-order valence-electron chi connectivity index (χ4n) is 3.88. The zero-order valence-electron chi connectivity index (χ0n) is 15.0. The van der Waals surface area contributed by atoms with Gasteiger partial charge in [0.1, 0.15) is 11.6 Å². The van der Waals surface area contributed by atoms with Crippen molar-refractivity contribution in [2.45, 2.75) is 26.3 Å². The highest BCUT2D eigenvalue weighted by Crippen LogP contribution is 2.25. The third-order valence-electron chi connectivity index (χ3n) is 5.19. The molecule has 1 saturated heterocycles. The highest BCUT2D eigenvalue weighted by atomic mass is 15.2. The zero-order chi connectivity index (χ0) is 17.1. The van der Waals surface area contributed by atoms with Crippen molar-refractivity contribution in [3.63, 3.8) is 0 Å². The summed E-state index contributed by atoms with van der Waals surface area (Å²) in [6.45, 7) is 9.35. The Labute approximate surface area is 150 Å². The number of hydrogen-bond donors (Lipinski definition) is 1. The maximum atomic E-state index is 4.83. The smallest absolute Gasteiger partial charge is 0.135 e. The van der Waals surface area contributed by atoms with Crippen molar-refractivity contribution in [1.29, 1.82) is 0 Å². The fourth-order valence-corrected chi connectivity index (χ4v) is 3.88. The lowest BCUT2D eigenvalue weighted by molar-refractivity contribution is 0.279. The van der Waals surface area contributed by atoms with E-state index in [-0.39, 0.29) is 0 Å². The normalized spacial score (nSPS) is 18.7. The first kappa shape index (κ1) is 16.5. The van der Waals surface area contributed by atoms with Gasteiger partial charge in [-0.1, -0.05) is 30.3 Å². The van der Waals surface area contributed by atoms with Gasteiger partial charge in [0.05, 0.1) is 5.69 Å². The van der Waals surface area contributed by atoms with E-state index < -0.39 is 0 Å². The van der Waals surface area contributed by atoms with Crippen LogP contribution in [0.15, 0.2) is 30.3 Å². The standard InChI is InChI=1S/C20H27N5/c1-16-22-19-8-12-24(15-17-5-3-2-4-6-17)11-7-18(19)20(23-16)25-13-9-21-10-14-25/h2-6,21H,7-15H2,1H3. The molecule has 1 N–H and O–H groups in total. The predicted octanol–water partition coefficient (Wildman–Crippen LogP) is 1.80. The molecule has 0 bridgehead atoms. The number of benzene rings is 1. The number of fused-ring (bicyclic) bond motifs is 1. The van der Waals surface area contributed by atoms with Gasteiger partial charge in [-0.05, 0) is 18.9 Å². The second-order valence-corrected chi connectivity index (χ2v) is 7.02. The van der Waals surface area contributed by atoms with E-state index in [4.69, 9.17) is 9.97 Å². The molecule has 25 heavy (non-hydrogen) atoms. The Balaban J connectivity index is 1.54. The number of anilines is 1. The molecular formula is C20H27N5. The molecule has 5 heteroatoms. The zero-order valence-corrected chi connectivity index (χ0v) is 15.0. The van der Waals surface area contributed by atoms with Gasteiger partial charge >= 0.3 is 0 Å². The maximum absolute atomic E-state index is 4.83.